The largest absolute Gasteiger partial charge is 0.493 e. The van der Waals surface area contributed by atoms with Gasteiger partial charge in [0, 0.05) is 12.6 Å². The second-order valence-corrected chi connectivity index (χ2v) is 6.54. The number of aryl methyl sites for hydroxylation is 1. The van der Waals surface area contributed by atoms with Crippen LogP contribution in [0.25, 0.3) is 0 Å². The maximum atomic E-state index is 12.4. The fourth-order valence-corrected chi connectivity index (χ4v) is 2.94. The Bertz CT molecular complexity index is 725. The molecule has 1 amide bonds. The van der Waals surface area contributed by atoms with Crippen molar-refractivity contribution in [2.45, 2.75) is 32.7 Å². The Balaban J connectivity index is 0.00000392. The molecule has 5 nitrogen and oxygen atoms in total. The molecule has 0 bridgehead atoms. The third kappa shape index (κ3) is 6.73. The quantitative estimate of drug-likeness (QED) is 0.587. The molecule has 154 valence electrons. The van der Waals surface area contributed by atoms with Crippen LogP contribution in [0.5, 0.6) is 11.5 Å². The Kier molecular flexibility index (Phi) is 10.4. The van der Waals surface area contributed by atoms with Crippen LogP contribution in [0.1, 0.15) is 37.4 Å². The monoisotopic (exact) mass is 406 g/mol. The van der Waals surface area contributed by atoms with Gasteiger partial charge in [-0.05, 0) is 43.0 Å². The predicted octanol–water partition coefficient (Wildman–Crippen LogP) is 3.90. The molecule has 0 aliphatic heterocycles. The van der Waals surface area contributed by atoms with Crippen LogP contribution < -0.4 is 20.5 Å². The third-order valence-corrected chi connectivity index (χ3v) is 4.61. The molecule has 0 radical (unpaired) electrons. The van der Waals surface area contributed by atoms with Gasteiger partial charge in [-0.3, -0.25) is 4.79 Å². The molecule has 0 heterocycles. The lowest BCUT2D eigenvalue weighted by Crippen LogP contribution is -2.36. The standard InChI is InChI=1S/C22H30N2O3.ClH/c1-4-27-20-15-17(12-13-19(20)26-3)9-8-14-24-22(25)16(2)21(23)18-10-6-5-7-11-18;/h5-7,10-13,15-16,21H,4,8-9,14,23H2,1-3H3,(H,24,25);1H. The molecule has 2 aromatic rings. The Morgan fingerprint density at radius 3 is 2.50 bits per heavy atom. The fourth-order valence-electron chi connectivity index (χ4n) is 2.94. The smallest absolute Gasteiger partial charge is 0.224 e. The van der Waals surface area contributed by atoms with Crippen molar-refractivity contribution in [3.05, 3.63) is 59.7 Å². The number of carbonyl (C=O) groups is 1. The minimum absolute atomic E-state index is 0. The van der Waals surface area contributed by atoms with E-state index < -0.39 is 0 Å². The third-order valence-electron chi connectivity index (χ3n) is 4.61. The molecular weight excluding hydrogens is 376 g/mol. The summed E-state index contributed by atoms with van der Waals surface area (Å²) >= 11 is 0. The van der Waals surface area contributed by atoms with Crippen LogP contribution in [0.4, 0.5) is 0 Å². The van der Waals surface area contributed by atoms with E-state index in [0.29, 0.717) is 13.2 Å². The van der Waals surface area contributed by atoms with Gasteiger partial charge in [0.2, 0.25) is 5.91 Å². The zero-order chi connectivity index (χ0) is 19.6. The average Bonchev–Trinajstić information content (AvgIpc) is 2.71. The summed E-state index contributed by atoms with van der Waals surface area (Å²) in [5.41, 5.74) is 8.35. The topological polar surface area (TPSA) is 73.6 Å². The van der Waals surface area contributed by atoms with Crippen molar-refractivity contribution in [3.8, 4) is 11.5 Å². The molecular formula is C22H31ClN2O3. The lowest BCUT2D eigenvalue weighted by Gasteiger charge is -2.19. The van der Waals surface area contributed by atoms with E-state index >= 15 is 0 Å². The van der Waals surface area contributed by atoms with Crippen LogP contribution in [-0.2, 0) is 11.2 Å². The van der Waals surface area contributed by atoms with Crippen LogP contribution in [0.15, 0.2) is 48.5 Å². The summed E-state index contributed by atoms with van der Waals surface area (Å²) in [7, 11) is 1.63. The summed E-state index contributed by atoms with van der Waals surface area (Å²) in [6, 6.07) is 15.4. The number of nitrogens with one attached hydrogen (secondary N) is 1. The van der Waals surface area contributed by atoms with E-state index in [-0.39, 0.29) is 30.3 Å². The number of benzene rings is 2. The molecule has 0 aliphatic rings. The number of amides is 1. The molecule has 2 aromatic carbocycles. The van der Waals surface area contributed by atoms with Crippen LogP contribution in [0.2, 0.25) is 0 Å². The van der Waals surface area contributed by atoms with Crippen molar-refractivity contribution < 1.29 is 14.3 Å². The number of halogens is 1. The highest BCUT2D eigenvalue weighted by Crippen LogP contribution is 2.28. The number of ether oxygens (including phenoxy) is 2. The molecule has 3 N–H and O–H groups in total. The van der Waals surface area contributed by atoms with E-state index in [4.69, 9.17) is 15.2 Å². The van der Waals surface area contributed by atoms with Crippen molar-refractivity contribution in [2.24, 2.45) is 11.7 Å². The van der Waals surface area contributed by atoms with Gasteiger partial charge in [0.1, 0.15) is 0 Å². The first kappa shape index (κ1) is 23.8. The highest BCUT2D eigenvalue weighted by molar-refractivity contribution is 5.85. The van der Waals surface area contributed by atoms with Gasteiger partial charge in [0.25, 0.3) is 0 Å². The van der Waals surface area contributed by atoms with E-state index in [1.54, 1.807) is 7.11 Å². The van der Waals surface area contributed by atoms with Crippen molar-refractivity contribution in [3.63, 3.8) is 0 Å². The number of hydrogen-bond acceptors (Lipinski definition) is 4. The molecule has 0 aromatic heterocycles. The molecule has 0 aliphatic carbocycles. The molecule has 0 saturated carbocycles. The molecule has 6 heteroatoms. The van der Waals surface area contributed by atoms with Crippen molar-refractivity contribution in [1.82, 2.24) is 5.32 Å². The number of hydrogen-bond donors (Lipinski definition) is 2. The maximum absolute atomic E-state index is 12.4. The number of rotatable bonds is 10. The molecule has 2 unspecified atom stereocenters. The van der Waals surface area contributed by atoms with Crippen LogP contribution >= 0.6 is 12.4 Å². The second kappa shape index (κ2) is 12.3. The van der Waals surface area contributed by atoms with E-state index in [9.17, 15) is 4.79 Å². The van der Waals surface area contributed by atoms with Gasteiger partial charge >= 0.3 is 0 Å². The highest BCUT2D eigenvalue weighted by Gasteiger charge is 2.21. The van der Waals surface area contributed by atoms with E-state index in [1.807, 2.05) is 62.4 Å². The lowest BCUT2D eigenvalue weighted by molar-refractivity contribution is -0.125. The fraction of sp³-hybridized carbons (Fsp3) is 0.409. The molecule has 2 rings (SSSR count). The van der Waals surface area contributed by atoms with Crippen LogP contribution in [0.3, 0.4) is 0 Å². The zero-order valence-corrected chi connectivity index (χ0v) is 17.6. The van der Waals surface area contributed by atoms with Crippen LogP contribution in [0, 0.1) is 5.92 Å². The van der Waals surface area contributed by atoms with Crippen molar-refractivity contribution >= 4 is 18.3 Å². The van der Waals surface area contributed by atoms with Gasteiger partial charge in [-0.1, -0.05) is 43.3 Å². The van der Waals surface area contributed by atoms with Crippen LogP contribution in [-0.4, -0.2) is 26.2 Å². The van der Waals surface area contributed by atoms with Crippen molar-refractivity contribution in [2.75, 3.05) is 20.3 Å². The molecule has 0 fully saturated rings. The first-order chi connectivity index (χ1) is 13.1. The van der Waals surface area contributed by atoms with E-state index in [2.05, 4.69) is 5.32 Å². The minimum atomic E-state index is -0.304. The summed E-state index contributed by atoms with van der Waals surface area (Å²) < 4.78 is 10.9. The Morgan fingerprint density at radius 1 is 1.14 bits per heavy atom. The molecule has 2 atom stereocenters. The summed E-state index contributed by atoms with van der Waals surface area (Å²) in [5, 5.41) is 2.99. The number of nitrogens with two attached hydrogens (primary N) is 1. The summed E-state index contributed by atoms with van der Waals surface area (Å²) in [6.45, 7) is 5.02. The second-order valence-electron chi connectivity index (χ2n) is 6.54. The number of carbonyl (C=O) groups excluding carboxylic acids is 1. The van der Waals surface area contributed by atoms with E-state index in [0.717, 1.165) is 35.5 Å². The molecule has 28 heavy (non-hydrogen) atoms. The van der Waals surface area contributed by atoms with Gasteiger partial charge < -0.3 is 20.5 Å². The van der Waals surface area contributed by atoms with Gasteiger partial charge in [-0.2, -0.15) is 0 Å². The average molecular weight is 407 g/mol. The SMILES string of the molecule is CCOc1cc(CCCNC(=O)C(C)C(N)c2ccccc2)ccc1OC.Cl. The summed E-state index contributed by atoms with van der Waals surface area (Å²) in [5.74, 6) is 1.19. The first-order valence-corrected chi connectivity index (χ1v) is 9.44. The summed E-state index contributed by atoms with van der Waals surface area (Å²) in [4.78, 5) is 12.4. The van der Waals surface area contributed by atoms with Crippen molar-refractivity contribution in [1.29, 1.82) is 0 Å². The minimum Gasteiger partial charge on any atom is -0.493 e. The maximum Gasteiger partial charge on any atom is 0.224 e. The van der Waals surface area contributed by atoms with E-state index in [1.165, 1.54) is 0 Å². The Labute approximate surface area is 174 Å². The Morgan fingerprint density at radius 2 is 1.86 bits per heavy atom. The zero-order valence-electron chi connectivity index (χ0n) is 16.8. The summed E-state index contributed by atoms with van der Waals surface area (Å²) in [6.07, 6.45) is 1.69. The molecule has 0 saturated heterocycles. The number of methoxy groups -OCH3 is 1. The lowest BCUT2D eigenvalue weighted by atomic mass is 9.94. The van der Waals surface area contributed by atoms with Gasteiger partial charge in [0.15, 0.2) is 11.5 Å². The van der Waals surface area contributed by atoms with Gasteiger partial charge in [-0.25, -0.2) is 0 Å². The van der Waals surface area contributed by atoms with Gasteiger partial charge in [-0.15, -0.1) is 12.4 Å². The normalized spacial score (nSPS) is 12.4. The highest BCUT2D eigenvalue weighted by atomic mass is 35.5. The predicted molar refractivity (Wildman–Crippen MR) is 115 cm³/mol. The first-order valence-electron chi connectivity index (χ1n) is 9.44. The Hall–Kier alpha value is -2.24. The van der Waals surface area contributed by atoms with Gasteiger partial charge in [0.05, 0.1) is 19.6 Å². The molecule has 0 spiro atoms.